The zero-order chi connectivity index (χ0) is 23.4. The number of nitrogens with one attached hydrogen (secondary N) is 1. The van der Waals surface area contributed by atoms with Gasteiger partial charge in [0.1, 0.15) is 6.04 Å². The number of hydrogen-bond donors (Lipinski definition) is 1. The van der Waals surface area contributed by atoms with Gasteiger partial charge < -0.3 is 10.2 Å². The van der Waals surface area contributed by atoms with Crippen LogP contribution in [-0.2, 0) is 25.7 Å². The first-order chi connectivity index (χ1) is 15.2. The zero-order valence-corrected chi connectivity index (χ0v) is 19.3. The highest BCUT2D eigenvalue weighted by atomic mass is 16.2. The van der Waals surface area contributed by atoms with E-state index in [0.29, 0.717) is 12.8 Å². The fourth-order valence-corrected chi connectivity index (χ4v) is 4.40. The SMILES string of the molecule is Cc1ccccc1CN(C(=O)CCN1C(=O)[C@H]2CC=CC[C@H]2C1=O)[C@@H](C)C(=O)NC(C)C. The molecule has 172 valence electrons. The van der Waals surface area contributed by atoms with Crippen LogP contribution >= 0.6 is 0 Å². The average Bonchev–Trinajstić information content (AvgIpc) is 3.00. The van der Waals surface area contributed by atoms with Crippen LogP contribution < -0.4 is 5.32 Å². The van der Waals surface area contributed by atoms with E-state index in [0.717, 1.165) is 11.1 Å². The van der Waals surface area contributed by atoms with Gasteiger partial charge in [0.05, 0.1) is 11.8 Å². The fraction of sp³-hybridized carbons (Fsp3) is 0.520. The molecule has 1 saturated heterocycles. The zero-order valence-electron chi connectivity index (χ0n) is 19.3. The number of imide groups is 1. The molecule has 0 unspecified atom stereocenters. The summed E-state index contributed by atoms with van der Waals surface area (Å²) in [6.45, 7) is 7.75. The lowest BCUT2D eigenvalue weighted by molar-refractivity contribution is -0.143. The Balaban J connectivity index is 1.73. The summed E-state index contributed by atoms with van der Waals surface area (Å²) < 4.78 is 0. The Morgan fingerprint density at radius 1 is 1.06 bits per heavy atom. The van der Waals surface area contributed by atoms with Gasteiger partial charge >= 0.3 is 0 Å². The molecule has 32 heavy (non-hydrogen) atoms. The van der Waals surface area contributed by atoms with Crippen LogP contribution in [-0.4, -0.2) is 52.1 Å². The number of carbonyl (C=O) groups is 4. The third kappa shape index (κ3) is 5.09. The molecule has 1 aromatic carbocycles. The van der Waals surface area contributed by atoms with Crippen molar-refractivity contribution < 1.29 is 19.2 Å². The van der Waals surface area contributed by atoms with Gasteiger partial charge in [-0.15, -0.1) is 0 Å². The Kier molecular flexibility index (Phi) is 7.48. The topological polar surface area (TPSA) is 86.8 Å². The largest absolute Gasteiger partial charge is 0.352 e. The van der Waals surface area contributed by atoms with E-state index in [-0.39, 0.29) is 61.0 Å². The maximum absolute atomic E-state index is 13.3. The lowest BCUT2D eigenvalue weighted by Crippen LogP contribution is -2.49. The molecule has 1 aromatic rings. The first kappa shape index (κ1) is 23.7. The van der Waals surface area contributed by atoms with Crippen LogP contribution in [0.25, 0.3) is 0 Å². The number of fused-ring (bicyclic) bond motifs is 1. The van der Waals surface area contributed by atoms with Crippen LogP contribution in [0.3, 0.4) is 0 Å². The molecule has 7 nitrogen and oxygen atoms in total. The highest BCUT2D eigenvalue weighted by molar-refractivity contribution is 6.05. The molecule has 2 aliphatic rings. The van der Waals surface area contributed by atoms with Gasteiger partial charge in [0.25, 0.3) is 0 Å². The summed E-state index contributed by atoms with van der Waals surface area (Å²) in [5.41, 5.74) is 1.98. The Labute approximate surface area is 189 Å². The van der Waals surface area contributed by atoms with Gasteiger partial charge in [-0.2, -0.15) is 0 Å². The summed E-state index contributed by atoms with van der Waals surface area (Å²) in [6.07, 6.45) is 5.03. The first-order valence-corrected chi connectivity index (χ1v) is 11.3. The Bertz CT molecular complexity index is 898. The molecule has 0 bridgehead atoms. The van der Waals surface area contributed by atoms with Gasteiger partial charge in [0.15, 0.2) is 0 Å². The monoisotopic (exact) mass is 439 g/mol. The van der Waals surface area contributed by atoms with E-state index in [1.807, 2.05) is 57.2 Å². The predicted octanol–water partition coefficient (Wildman–Crippen LogP) is 2.58. The second-order valence-corrected chi connectivity index (χ2v) is 9.02. The smallest absolute Gasteiger partial charge is 0.242 e. The third-order valence-corrected chi connectivity index (χ3v) is 6.35. The molecule has 1 aliphatic heterocycles. The van der Waals surface area contributed by atoms with Crippen molar-refractivity contribution in [2.45, 2.75) is 65.6 Å². The number of rotatable bonds is 8. The van der Waals surface area contributed by atoms with E-state index in [9.17, 15) is 19.2 Å². The van der Waals surface area contributed by atoms with Gasteiger partial charge in [0.2, 0.25) is 23.6 Å². The lowest BCUT2D eigenvalue weighted by Gasteiger charge is -2.30. The second kappa shape index (κ2) is 10.1. The molecular weight excluding hydrogens is 406 g/mol. The van der Waals surface area contributed by atoms with Crippen LogP contribution in [0.5, 0.6) is 0 Å². The summed E-state index contributed by atoms with van der Waals surface area (Å²) >= 11 is 0. The highest BCUT2D eigenvalue weighted by Crippen LogP contribution is 2.35. The van der Waals surface area contributed by atoms with E-state index in [4.69, 9.17) is 0 Å². The average molecular weight is 440 g/mol. The van der Waals surface area contributed by atoms with Gasteiger partial charge in [-0.3, -0.25) is 24.1 Å². The minimum atomic E-state index is -0.679. The highest BCUT2D eigenvalue weighted by Gasteiger charge is 2.47. The van der Waals surface area contributed by atoms with Crippen molar-refractivity contribution >= 4 is 23.6 Å². The summed E-state index contributed by atoms with van der Waals surface area (Å²) in [5.74, 6) is -1.47. The molecule has 0 spiro atoms. The number of hydrogen-bond acceptors (Lipinski definition) is 4. The molecule has 7 heteroatoms. The van der Waals surface area contributed by atoms with Crippen molar-refractivity contribution in [3.8, 4) is 0 Å². The van der Waals surface area contributed by atoms with E-state index < -0.39 is 6.04 Å². The molecular formula is C25H33N3O4. The molecule has 1 aliphatic carbocycles. The van der Waals surface area contributed by atoms with Crippen LogP contribution in [0.4, 0.5) is 0 Å². The number of aryl methyl sites for hydroxylation is 1. The lowest BCUT2D eigenvalue weighted by atomic mass is 9.85. The predicted molar refractivity (Wildman–Crippen MR) is 121 cm³/mol. The van der Waals surface area contributed by atoms with Crippen LogP contribution in [0, 0.1) is 18.8 Å². The number of nitrogens with zero attached hydrogens (tertiary/aromatic N) is 2. The van der Waals surface area contributed by atoms with E-state index in [2.05, 4.69) is 5.32 Å². The van der Waals surface area contributed by atoms with Crippen LogP contribution in [0.1, 0.15) is 51.2 Å². The molecule has 0 aromatic heterocycles. The summed E-state index contributed by atoms with van der Waals surface area (Å²) in [6, 6.07) is 7.01. The normalized spacial score (nSPS) is 21.0. The van der Waals surface area contributed by atoms with Gasteiger partial charge in [-0.25, -0.2) is 0 Å². The van der Waals surface area contributed by atoms with Gasteiger partial charge in [-0.05, 0) is 51.7 Å². The molecule has 3 rings (SSSR count). The van der Waals surface area contributed by atoms with Crippen molar-refractivity contribution in [3.63, 3.8) is 0 Å². The molecule has 4 amide bonds. The summed E-state index contributed by atoms with van der Waals surface area (Å²) in [5, 5.41) is 2.86. The molecule has 1 N–H and O–H groups in total. The third-order valence-electron chi connectivity index (χ3n) is 6.35. The van der Waals surface area contributed by atoms with Crippen molar-refractivity contribution in [1.29, 1.82) is 0 Å². The van der Waals surface area contributed by atoms with Crippen molar-refractivity contribution in [2.24, 2.45) is 11.8 Å². The second-order valence-electron chi connectivity index (χ2n) is 9.02. The van der Waals surface area contributed by atoms with Crippen LogP contribution in [0.2, 0.25) is 0 Å². The fourth-order valence-electron chi connectivity index (χ4n) is 4.40. The molecule has 1 fully saturated rings. The van der Waals surface area contributed by atoms with E-state index in [1.54, 1.807) is 11.8 Å². The number of likely N-dealkylation sites (tertiary alicyclic amines) is 1. The maximum Gasteiger partial charge on any atom is 0.242 e. The molecule has 3 atom stereocenters. The van der Waals surface area contributed by atoms with Crippen LogP contribution in [0.15, 0.2) is 36.4 Å². The Morgan fingerprint density at radius 2 is 1.66 bits per heavy atom. The molecule has 0 saturated carbocycles. The van der Waals surface area contributed by atoms with Gasteiger partial charge in [-0.1, -0.05) is 36.4 Å². The number of allylic oxidation sites excluding steroid dienone is 2. The van der Waals surface area contributed by atoms with Crippen molar-refractivity contribution in [1.82, 2.24) is 15.1 Å². The minimum Gasteiger partial charge on any atom is -0.352 e. The van der Waals surface area contributed by atoms with Gasteiger partial charge in [0, 0.05) is 25.6 Å². The molecule has 1 heterocycles. The number of carbonyl (C=O) groups excluding carboxylic acids is 4. The standard InChI is InChI=1S/C25H33N3O4/c1-16(2)26-23(30)18(4)28(15-19-10-6-5-9-17(19)3)22(29)13-14-27-24(31)20-11-7-8-12-21(20)25(27)32/h5-10,16,18,20-21H,11-15H2,1-4H3,(H,26,30)/t18-,20-,21+/m0/s1. The number of amides is 4. The first-order valence-electron chi connectivity index (χ1n) is 11.3. The maximum atomic E-state index is 13.3. The summed E-state index contributed by atoms with van der Waals surface area (Å²) in [7, 11) is 0. The Hall–Kier alpha value is -2.96. The van der Waals surface area contributed by atoms with E-state index in [1.165, 1.54) is 4.90 Å². The minimum absolute atomic E-state index is 0.00444. The van der Waals surface area contributed by atoms with E-state index >= 15 is 0 Å². The Morgan fingerprint density at radius 3 is 2.22 bits per heavy atom. The molecule has 0 radical (unpaired) electrons. The number of benzene rings is 1. The van der Waals surface area contributed by atoms with Crippen molar-refractivity contribution in [3.05, 3.63) is 47.5 Å². The quantitative estimate of drug-likeness (QED) is 0.498. The summed E-state index contributed by atoms with van der Waals surface area (Å²) in [4.78, 5) is 54.1. The van der Waals surface area contributed by atoms with Crippen molar-refractivity contribution in [2.75, 3.05) is 6.54 Å².